The molecule has 0 saturated carbocycles. The van der Waals surface area contributed by atoms with Crippen molar-refractivity contribution in [3.8, 4) is 11.5 Å². The van der Waals surface area contributed by atoms with Crippen LogP contribution in [0.4, 0.5) is 8.78 Å². The van der Waals surface area contributed by atoms with Gasteiger partial charge in [0.05, 0.1) is 40.0 Å². The molecule has 0 bridgehead atoms. The van der Waals surface area contributed by atoms with Crippen LogP contribution < -0.4 is 24.4 Å². The molecule has 2 aromatic carbocycles. The van der Waals surface area contributed by atoms with Crippen molar-refractivity contribution in [2.24, 2.45) is 4.99 Å². The summed E-state index contributed by atoms with van der Waals surface area (Å²) in [7, 11) is 1.53. The number of ether oxygens (including phenoxy) is 3. The Hall–Kier alpha value is -3.31. The van der Waals surface area contributed by atoms with E-state index in [4.69, 9.17) is 9.47 Å². The second-order valence-corrected chi connectivity index (χ2v) is 9.48. The Morgan fingerprint density at radius 3 is 2.67 bits per heavy atom. The SMILES string of the molecule is CCOC(=O)C1=C(C)N=c2s/c(=C/c3ccccc3OC(F)F)c(=O)n2[C@H]1c1ccc(OC)c(Br)c1. The van der Waals surface area contributed by atoms with E-state index in [2.05, 4.69) is 25.7 Å². The lowest BCUT2D eigenvalue weighted by atomic mass is 9.96. The van der Waals surface area contributed by atoms with Gasteiger partial charge in [0, 0.05) is 5.56 Å². The van der Waals surface area contributed by atoms with Crippen molar-refractivity contribution >= 4 is 39.3 Å². The average molecular weight is 579 g/mol. The van der Waals surface area contributed by atoms with Crippen molar-refractivity contribution in [3.63, 3.8) is 0 Å². The van der Waals surface area contributed by atoms with Crippen LogP contribution >= 0.6 is 27.3 Å². The van der Waals surface area contributed by atoms with Crippen molar-refractivity contribution < 1.29 is 27.8 Å². The highest BCUT2D eigenvalue weighted by Crippen LogP contribution is 2.35. The maximum absolute atomic E-state index is 13.7. The zero-order valence-corrected chi connectivity index (χ0v) is 21.9. The highest BCUT2D eigenvalue weighted by Gasteiger charge is 2.33. The molecule has 0 radical (unpaired) electrons. The summed E-state index contributed by atoms with van der Waals surface area (Å²) in [6.07, 6.45) is 1.48. The molecule has 1 aliphatic rings. The molecule has 0 amide bonds. The van der Waals surface area contributed by atoms with Gasteiger partial charge in [-0.1, -0.05) is 35.6 Å². The number of esters is 1. The third kappa shape index (κ3) is 4.98. The molecule has 36 heavy (non-hydrogen) atoms. The Bertz CT molecular complexity index is 1530. The molecule has 7 nitrogen and oxygen atoms in total. The first kappa shape index (κ1) is 25.8. The maximum atomic E-state index is 13.7. The van der Waals surface area contributed by atoms with Crippen molar-refractivity contribution in [1.29, 1.82) is 0 Å². The van der Waals surface area contributed by atoms with Crippen LogP contribution in [-0.2, 0) is 9.53 Å². The summed E-state index contributed by atoms with van der Waals surface area (Å²) >= 11 is 4.55. The number of hydrogen-bond acceptors (Lipinski definition) is 7. The molecule has 1 atom stereocenters. The number of para-hydroxylation sites is 1. The number of aromatic nitrogens is 1. The van der Waals surface area contributed by atoms with Crippen molar-refractivity contribution in [2.75, 3.05) is 13.7 Å². The number of carbonyl (C=O) groups excluding carboxylic acids is 1. The van der Waals surface area contributed by atoms with Gasteiger partial charge in [0.15, 0.2) is 4.80 Å². The summed E-state index contributed by atoms with van der Waals surface area (Å²) in [4.78, 5) is 31.5. The fourth-order valence-corrected chi connectivity index (χ4v) is 5.50. The topological polar surface area (TPSA) is 79.1 Å². The standard InChI is InChI=1S/C25H21BrF2N2O5S/c1-4-34-23(32)20-13(2)29-25-30(21(20)15-9-10-18(33-3)16(26)11-15)22(31)19(36-25)12-14-7-5-6-8-17(14)35-24(27)28/h5-12,21,24H,4H2,1-3H3/b19-12+/t21-/m0/s1. The lowest BCUT2D eigenvalue weighted by Crippen LogP contribution is -2.40. The van der Waals surface area contributed by atoms with E-state index >= 15 is 0 Å². The Labute approximate surface area is 217 Å². The lowest BCUT2D eigenvalue weighted by molar-refractivity contribution is -0.139. The minimum atomic E-state index is -3.01. The van der Waals surface area contributed by atoms with Crippen LogP contribution in [0.15, 0.2) is 68.0 Å². The van der Waals surface area contributed by atoms with Crippen molar-refractivity contribution in [1.82, 2.24) is 4.57 Å². The lowest BCUT2D eigenvalue weighted by Gasteiger charge is -2.25. The van der Waals surface area contributed by atoms with E-state index in [1.165, 1.54) is 23.8 Å². The number of nitrogens with zero attached hydrogens (tertiary/aromatic N) is 2. The van der Waals surface area contributed by atoms with Crippen molar-refractivity contribution in [3.05, 3.63) is 89.0 Å². The molecular weight excluding hydrogens is 558 g/mol. The molecule has 0 fully saturated rings. The van der Waals surface area contributed by atoms with Gasteiger partial charge in [0.1, 0.15) is 11.5 Å². The molecule has 0 N–H and O–H groups in total. The fourth-order valence-electron chi connectivity index (χ4n) is 3.90. The molecule has 0 aliphatic carbocycles. The fraction of sp³-hybridized carbons (Fsp3) is 0.240. The second-order valence-electron chi connectivity index (χ2n) is 7.61. The van der Waals surface area contributed by atoms with Gasteiger partial charge >= 0.3 is 12.6 Å². The number of benzene rings is 2. The molecule has 0 unspecified atom stereocenters. The Morgan fingerprint density at radius 1 is 1.25 bits per heavy atom. The predicted octanol–water partition coefficient (Wildman–Crippen LogP) is 4.17. The van der Waals surface area contributed by atoms with Crippen LogP contribution in [0.25, 0.3) is 6.08 Å². The quantitative estimate of drug-likeness (QED) is 0.393. The molecule has 1 aliphatic heterocycles. The Balaban J connectivity index is 1.95. The van der Waals surface area contributed by atoms with Gasteiger partial charge in [0.25, 0.3) is 5.56 Å². The first-order valence-corrected chi connectivity index (χ1v) is 12.4. The monoisotopic (exact) mass is 578 g/mol. The maximum Gasteiger partial charge on any atom is 0.387 e. The number of halogens is 3. The molecule has 0 saturated heterocycles. The largest absolute Gasteiger partial charge is 0.496 e. The molecule has 11 heteroatoms. The van der Waals surface area contributed by atoms with Crippen LogP contribution in [0.1, 0.15) is 31.0 Å². The molecule has 188 valence electrons. The molecule has 4 rings (SSSR count). The number of rotatable bonds is 7. The van der Waals surface area contributed by atoms with Gasteiger partial charge in [-0.2, -0.15) is 8.78 Å². The zero-order valence-electron chi connectivity index (χ0n) is 19.5. The summed E-state index contributed by atoms with van der Waals surface area (Å²) < 4.78 is 43.3. The third-order valence-corrected chi connectivity index (χ3v) is 7.03. The highest BCUT2D eigenvalue weighted by molar-refractivity contribution is 9.10. The van der Waals surface area contributed by atoms with E-state index in [0.717, 1.165) is 11.3 Å². The Kier molecular flexibility index (Phi) is 7.70. The van der Waals surface area contributed by atoms with Crippen LogP contribution in [-0.4, -0.2) is 30.9 Å². The van der Waals surface area contributed by atoms with Gasteiger partial charge in [-0.15, -0.1) is 0 Å². The summed E-state index contributed by atoms with van der Waals surface area (Å²) in [5, 5.41) is 0. The molecule has 3 aromatic rings. The van der Waals surface area contributed by atoms with Gasteiger partial charge in [-0.25, -0.2) is 9.79 Å². The molecule has 0 spiro atoms. The number of thiazole rings is 1. The Morgan fingerprint density at radius 2 is 2.00 bits per heavy atom. The number of carbonyl (C=O) groups is 1. The number of fused-ring (bicyclic) bond motifs is 1. The highest BCUT2D eigenvalue weighted by atomic mass is 79.9. The van der Waals surface area contributed by atoms with Crippen molar-refractivity contribution in [2.45, 2.75) is 26.5 Å². The summed E-state index contributed by atoms with van der Waals surface area (Å²) in [5.41, 5.74) is 1.16. The minimum Gasteiger partial charge on any atom is -0.496 e. The van der Waals surface area contributed by atoms with E-state index in [0.29, 0.717) is 31.8 Å². The van der Waals surface area contributed by atoms with Crippen LogP contribution in [0.2, 0.25) is 0 Å². The molecule has 2 heterocycles. The van der Waals surface area contributed by atoms with Gasteiger partial charge in [-0.05, 0) is 59.6 Å². The van der Waals surface area contributed by atoms with Crippen LogP contribution in [0.5, 0.6) is 11.5 Å². The van der Waals surface area contributed by atoms with Crippen LogP contribution in [0, 0.1) is 0 Å². The van der Waals surface area contributed by atoms with Gasteiger partial charge < -0.3 is 14.2 Å². The average Bonchev–Trinajstić information content (AvgIpc) is 3.13. The first-order valence-electron chi connectivity index (χ1n) is 10.8. The van der Waals surface area contributed by atoms with E-state index in [1.54, 1.807) is 50.2 Å². The zero-order chi connectivity index (χ0) is 26.0. The number of alkyl halides is 2. The summed E-state index contributed by atoms with van der Waals surface area (Å²) in [5.74, 6) is -0.0572. The molecular formula is C25H21BrF2N2O5S. The van der Waals surface area contributed by atoms with E-state index < -0.39 is 24.2 Å². The predicted molar refractivity (Wildman–Crippen MR) is 134 cm³/mol. The molecule has 1 aromatic heterocycles. The summed E-state index contributed by atoms with van der Waals surface area (Å²) in [6.45, 7) is 0.519. The van der Waals surface area contributed by atoms with Gasteiger partial charge in [-0.3, -0.25) is 9.36 Å². The van der Waals surface area contributed by atoms with E-state index in [1.807, 2.05) is 0 Å². The normalized spacial score (nSPS) is 15.5. The summed E-state index contributed by atoms with van der Waals surface area (Å²) in [6, 6.07) is 10.6. The third-order valence-electron chi connectivity index (χ3n) is 5.43. The van der Waals surface area contributed by atoms with Gasteiger partial charge in [0.2, 0.25) is 0 Å². The smallest absolute Gasteiger partial charge is 0.387 e. The number of allylic oxidation sites excluding steroid dienone is 1. The number of hydrogen-bond donors (Lipinski definition) is 0. The van der Waals surface area contributed by atoms with Crippen LogP contribution in [0.3, 0.4) is 0 Å². The second kappa shape index (κ2) is 10.8. The van der Waals surface area contributed by atoms with E-state index in [9.17, 15) is 18.4 Å². The van der Waals surface area contributed by atoms with E-state index in [-0.39, 0.29) is 22.5 Å². The minimum absolute atomic E-state index is 0.0580. The number of methoxy groups -OCH3 is 1. The first-order chi connectivity index (χ1) is 17.2.